The molecular formula is C21H23F3N4O2. The number of nitrogens with one attached hydrogen (secondary N) is 2. The monoisotopic (exact) mass is 420 g/mol. The first-order valence-electron chi connectivity index (χ1n) is 9.64. The minimum Gasteiger partial charge on any atom is -0.326 e. The van der Waals surface area contributed by atoms with Crippen molar-refractivity contribution in [2.75, 3.05) is 49.9 Å². The van der Waals surface area contributed by atoms with Gasteiger partial charge in [-0.1, -0.05) is 0 Å². The maximum atomic E-state index is 13.2. The lowest BCUT2D eigenvalue weighted by molar-refractivity contribution is -0.117. The molecule has 0 saturated carbocycles. The Kier molecular flexibility index (Phi) is 7.42. The van der Waals surface area contributed by atoms with E-state index in [1.807, 2.05) is 4.90 Å². The molecule has 1 fully saturated rings. The third kappa shape index (κ3) is 6.57. The molecule has 2 amide bonds. The largest absolute Gasteiger partial charge is 0.326 e. The minimum absolute atomic E-state index is 0.166. The summed E-state index contributed by atoms with van der Waals surface area (Å²) < 4.78 is 39.0. The molecule has 0 radical (unpaired) electrons. The van der Waals surface area contributed by atoms with E-state index in [0.29, 0.717) is 38.4 Å². The molecule has 1 heterocycles. The Morgan fingerprint density at radius 3 is 2.03 bits per heavy atom. The molecular weight excluding hydrogens is 397 g/mol. The number of anilines is 2. The number of nitrogens with zero attached hydrogens (tertiary/aromatic N) is 2. The van der Waals surface area contributed by atoms with Gasteiger partial charge in [-0.3, -0.25) is 14.5 Å². The van der Waals surface area contributed by atoms with Crippen molar-refractivity contribution in [1.29, 1.82) is 0 Å². The first kappa shape index (κ1) is 21.8. The summed E-state index contributed by atoms with van der Waals surface area (Å²) in [6.45, 7) is 3.56. The average molecular weight is 420 g/mol. The van der Waals surface area contributed by atoms with Crippen LogP contribution in [0.2, 0.25) is 0 Å². The second-order valence-electron chi connectivity index (χ2n) is 7.10. The van der Waals surface area contributed by atoms with E-state index in [-0.39, 0.29) is 36.3 Å². The van der Waals surface area contributed by atoms with Crippen molar-refractivity contribution >= 4 is 23.2 Å². The number of amides is 2. The summed E-state index contributed by atoms with van der Waals surface area (Å²) in [6.07, 6.45) is 0.226. The number of piperazine rings is 1. The van der Waals surface area contributed by atoms with Crippen molar-refractivity contribution in [3.05, 3.63) is 59.9 Å². The smallest absolute Gasteiger partial charge is 0.238 e. The lowest BCUT2D eigenvalue weighted by Crippen LogP contribution is -2.49. The molecule has 0 aromatic heterocycles. The highest BCUT2D eigenvalue weighted by Gasteiger charge is 2.19. The molecule has 2 aromatic rings. The normalized spacial score (nSPS) is 15.0. The standard InChI is InChI=1S/C21H23F3N4O2/c22-15-1-3-16(4-2-15)25-21(30)14-28-11-9-27(10-12-28)8-7-20(29)26-17-5-6-18(23)19(24)13-17/h1-6,13H,7-12,14H2,(H,25,30)(H,26,29). The Morgan fingerprint density at radius 1 is 0.767 bits per heavy atom. The van der Waals surface area contributed by atoms with E-state index in [9.17, 15) is 22.8 Å². The van der Waals surface area contributed by atoms with Gasteiger partial charge in [0.2, 0.25) is 11.8 Å². The number of benzene rings is 2. The van der Waals surface area contributed by atoms with Gasteiger partial charge >= 0.3 is 0 Å². The van der Waals surface area contributed by atoms with E-state index >= 15 is 0 Å². The Labute approximate surface area is 172 Å². The van der Waals surface area contributed by atoms with Gasteiger partial charge < -0.3 is 15.5 Å². The van der Waals surface area contributed by atoms with Gasteiger partial charge in [-0.25, -0.2) is 13.2 Å². The Bertz CT molecular complexity index is 884. The topological polar surface area (TPSA) is 64.7 Å². The highest BCUT2D eigenvalue weighted by Crippen LogP contribution is 2.13. The minimum atomic E-state index is -1.01. The van der Waals surface area contributed by atoms with Crippen LogP contribution in [0.5, 0.6) is 0 Å². The van der Waals surface area contributed by atoms with Gasteiger partial charge in [0.05, 0.1) is 6.54 Å². The molecule has 0 unspecified atom stereocenters. The lowest BCUT2D eigenvalue weighted by Gasteiger charge is -2.34. The van der Waals surface area contributed by atoms with Crippen molar-refractivity contribution in [2.45, 2.75) is 6.42 Å². The molecule has 2 aromatic carbocycles. The van der Waals surface area contributed by atoms with Crippen LogP contribution in [-0.4, -0.2) is 60.9 Å². The molecule has 6 nitrogen and oxygen atoms in total. The van der Waals surface area contributed by atoms with E-state index in [1.54, 1.807) is 0 Å². The van der Waals surface area contributed by atoms with Gasteiger partial charge in [-0.15, -0.1) is 0 Å². The molecule has 3 rings (SSSR count). The predicted molar refractivity (Wildman–Crippen MR) is 108 cm³/mol. The summed E-state index contributed by atoms with van der Waals surface area (Å²) in [5.74, 6) is -2.77. The zero-order chi connectivity index (χ0) is 21.5. The van der Waals surface area contributed by atoms with Crippen molar-refractivity contribution in [1.82, 2.24) is 9.80 Å². The van der Waals surface area contributed by atoms with Crippen LogP contribution in [0.1, 0.15) is 6.42 Å². The first-order valence-corrected chi connectivity index (χ1v) is 9.64. The van der Waals surface area contributed by atoms with E-state index in [4.69, 9.17) is 0 Å². The molecule has 30 heavy (non-hydrogen) atoms. The third-order valence-electron chi connectivity index (χ3n) is 4.82. The van der Waals surface area contributed by atoms with Gasteiger partial charge in [0.15, 0.2) is 11.6 Å². The number of carbonyl (C=O) groups excluding carboxylic acids is 2. The molecule has 0 aliphatic carbocycles. The van der Waals surface area contributed by atoms with Gasteiger partial charge in [0.25, 0.3) is 0 Å². The molecule has 9 heteroatoms. The summed E-state index contributed by atoms with van der Waals surface area (Å²) in [7, 11) is 0. The summed E-state index contributed by atoms with van der Waals surface area (Å²) in [6, 6.07) is 8.83. The highest BCUT2D eigenvalue weighted by atomic mass is 19.2. The van der Waals surface area contributed by atoms with Crippen LogP contribution < -0.4 is 10.6 Å². The summed E-state index contributed by atoms with van der Waals surface area (Å²) in [4.78, 5) is 28.3. The van der Waals surface area contributed by atoms with Crippen molar-refractivity contribution in [3.63, 3.8) is 0 Å². The zero-order valence-corrected chi connectivity index (χ0v) is 16.3. The van der Waals surface area contributed by atoms with Crippen LogP contribution in [-0.2, 0) is 9.59 Å². The van der Waals surface area contributed by atoms with Crippen molar-refractivity contribution in [2.24, 2.45) is 0 Å². The fraction of sp³-hybridized carbons (Fsp3) is 0.333. The Balaban J connectivity index is 1.34. The van der Waals surface area contributed by atoms with Gasteiger partial charge in [0, 0.05) is 56.6 Å². The summed E-state index contributed by atoms with van der Waals surface area (Å²) >= 11 is 0. The lowest BCUT2D eigenvalue weighted by atomic mass is 10.2. The van der Waals surface area contributed by atoms with Crippen LogP contribution >= 0.6 is 0 Å². The molecule has 2 N–H and O–H groups in total. The molecule has 0 spiro atoms. The van der Waals surface area contributed by atoms with Crippen LogP contribution in [0.15, 0.2) is 42.5 Å². The van der Waals surface area contributed by atoms with Crippen LogP contribution in [0.3, 0.4) is 0 Å². The number of hydrogen-bond acceptors (Lipinski definition) is 4. The fourth-order valence-corrected chi connectivity index (χ4v) is 3.16. The maximum Gasteiger partial charge on any atom is 0.238 e. The van der Waals surface area contributed by atoms with Crippen molar-refractivity contribution in [3.8, 4) is 0 Å². The SMILES string of the molecule is O=C(CCN1CCN(CC(=O)Nc2ccc(F)cc2)CC1)Nc1ccc(F)c(F)c1. The summed E-state index contributed by atoms with van der Waals surface area (Å²) in [5.41, 5.74) is 0.767. The quantitative estimate of drug-likeness (QED) is 0.723. The van der Waals surface area contributed by atoms with Crippen LogP contribution in [0, 0.1) is 17.5 Å². The van der Waals surface area contributed by atoms with Crippen LogP contribution in [0.4, 0.5) is 24.5 Å². The molecule has 1 aliphatic heterocycles. The molecule has 0 atom stereocenters. The fourth-order valence-electron chi connectivity index (χ4n) is 3.16. The number of hydrogen-bond donors (Lipinski definition) is 2. The third-order valence-corrected chi connectivity index (χ3v) is 4.82. The van der Waals surface area contributed by atoms with Gasteiger partial charge in [-0.2, -0.15) is 0 Å². The van der Waals surface area contributed by atoms with E-state index in [2.05, 4.69) is 15.5 Å². The molecule has 1 saturated heterocycles. The van der Waals surface area contributed by atoms with Gasteiger partial charge in [0.1, 0.15) is 5.82 Å². The van der Waals surface area contributed by atoms with Crippen LogP contribution in [0.25, 0.3) is 0 Å². The number of rotatable bonds is 7. The zero-order valence-electron chi connectivity index (χ0n) is 16.3. The highest BCUT2D eigenvalue weighted by molar-refractivity contribution is 5.92. The molecule has 1 aliphatic rings. The molecule has 160 valence electrons. The second-order valence-corrected chi connectivity index (χ2v) is 7.10. The van der Waals surface area contributed by atoms with E-state index in [1.165, 1.54) is 30.3 Å². The maximum absolute atomic E-state index is 13.2. The second kappa shape index (κ2) is 10.2. The number of carbonyl (C=O) groups is 2. The van der Waals surface area contributed by atoms with E-state index < -0.39 is 11.6 Å². The predicted octanol–water partition coefficient (Wildman–Crippen LogP) is 2.69. The molecule has 0 bridgehead atoms. The average Bonchev–Trinajstić information content (AvgIpc) is 2.72. The van der Waals surface area contributed by atoms with Crippen molar-refractivity contribution < 1.29 is 22.8 Å². The Hall–Kier alpha value is -2.91. The Morgan fingerprint density at radius 2 is 1.37 bits per heavy atom. The first-order chi connectivity index (χ1) is 14.4. The number of halogens is 3. The van der Waals surface area contributed by atoms with Gasteiger partial charge in [-0.05, 0) is 36.4 Å². The van der Waals surface area contributed by atoms with E-state index in [0.717, 1.165) is 12.1 Å². The summed E-state index contributed by atoms with van der Waals surface area (Å²) in [5, 5.41) is 5.29.